The zero-order chi connectivity index (χ0) is 35.7. The molecular weight excluding hydrogens is 700 g/mol. The maximum absolute atomic E-state index is 14.0. The number of aromatic amines is 1. The molecule has 1 aromatic heterocycles. The molecule has 0 bridgehead atoms. The number of thiazole rings is 1. The number of carbonyl (C=O) groups is 4. The van der Waals surface area contributed by atoms with Gasteiger partial charge in [0.05, 0.1) is 41.0 Å². The number of H-pyrrole nitrogens is 1. The fourth-order valence-corrected chi connectivity index (χ4v) is 8.32. The molecule has 2 aliphatic rings. The van der Waals surface area contributed by atoms with E-state index in [0.717, 1.165) is 46.2 Å². The van der Waals surface area contributed by atoms with Gasteiger partial charge < -0.3 is 24.5 Å². The molecule has 50 heavy (non-hydrogen) atoms. The smallest absolute Gasteiger partial charge is 0.416 e. The van der Waals surface area contributed by atoms with Gasteiger partial charge in [-0.1, -0.05) is 35.2 Å². The van der Waals surface area contributed by atoms with Gasteiger partial charge in [0.25, 0.3) is 5.91 Å². The van der Waals surface area contributed by atoms with E-state index >= 15 is 0 Å². The van der Waals surface area contributed by atoms with Crippen molar-refractivity contribution in [2.24, 2.45) is 5.92 Å². The summed E-state index contributed by atoms with van der Waals surface area (Å²) in [5.41, 5.74) is 0.0401. The predicted molar refractivity (Wildman–Crippen MR) is 178 cm³/mol. The number of thioether (sulfide) groups is 1. The van der Waals surface area contributed by atoms with E-state index in [-0.39, 0.29) is 30.4 Å². The third kappa shape index (κ3) is 6.85. The summed E-state index contributed by atoms with van der Waals surface area (Å²) >= 11 is 1.88. The minimum absolute atomic E-state index is 0.201. The van der Waals surface area contributed by atoms with Crippen LogP contribution in [0.4, 0.5) is 24.5 Å². The Morgan fingerprint density at radius 1 is 0.920 bits per heavy atom. The van der Waals surface area contributed by atoms with Crippen molar-refractivity contribution in [3.8, 4) is 11.5 Å². The molecule has 2 aliphatic heterocycles. The van der Waals surface area contributed by atoms with Gasteiger partial charge in [-0.25, -0.2) is 9.69 Å². The quantitative estimate of drug-likeness (QED) is 0.152. The first-order valence-electron chi connectivity index (χ1n) is 15.3. The molecule has 0 spiro atoms. The summed E-state index contributed by atoms with van der Waals surface area (Å²) in [6.07, 6.45) is -4.69. The Morgan fingerprint density at radius 3 is 2.38 bits per heavy atom. The van der Waals surface area contributed by atoms with Crippen LogP contribution in [0.3, 0.4) is 0 Å². The van der Waals surface area contributed by atoms with Crippen LogP contribution in [0.1, 0.15) is 46.1 Å². The highest BCUT2D eigenvalue weighted by Crippen LogP contribution is 2.54. The van der Waals surface area contributed by atoms with Gasteiger partial charge in [-0.15, -0.1) is 0 Å². The number of anilines is 2. The van der Waals surface area contributed by atoms with Crippen LogP contribution in [0.25, 0.3) is 0 Å². The number of halogens is 3. The molecule has 2 N–H and O–H groups in total. The van der Waals surface area contributed by atoms with Crippen molar-refractivity contribution in [3.05, 3.63) is 98.0 Å². The molecule has 0 aliphatic carbocycles. The maximum atomic E-state index is 14.0. The molecule has 1 fully saturated rings. The Hall–Kier alpha value is -5.09. The molecule has 2 unspecified atom stereocenters. The van der Waals surface area contributed by atoms with E-state index in [1.54, 1.807) is 44.2 Å². The first-order chi connectivity index (χ1) is 23.9. The van der Waals surface area contributed by atoms with Gasteiger partial charge in [-0.2, -0.15) is 13.2 Å². The first kappa shape index (κ1) is 34.8. The Bertz CT molecular complexity index is 2030. The number of aromatic nitrogens is 1. The van der Waals surface area contributed by atoms with E-state index in [0.29, 0.717) is 26.7 Å². The number of ether oxygens (including phenoxy) is 3. The lowest BCUT2D eigenvalue weighted by molar-refractivity contribution is -0.137. The third-order valence-electron chi connectivity index (χ3n) is 7.92. The van der Waals surface area contributed by atoms with Crippen LogP contribution in [0.5, 0.6) is 11.5 Å². The van der Waals surface area contributed by atoms with Crippen LogP contribution in [0.15, 0.2) is 76.6 Å². The highest BCUT2D eigenvalue weighted by molar-refractivity contribution is 8.00. The van der Waals surface area contributed by atoms with Crippen molar-refractivity contribution in [1.29, 1.82) is 0 Å². The third-order valence-corrected chi connectivity index (χ3v) is 10.3. The maximum Gasteiger partial charge on any atom is 0.416 e. The van der Waals surface area contributed by atoms with Crippen molar-refractivity contribution in [2.45, 2.75) is 36.2 Å². The number of hydrogen-bond acceptors (Lipinski definition) is 10. The second-order valence-corrected chi connectivity index (χ2v) is 13.3. The largest absolute Gasteiger partial charge is 0.490 e. The minimum atomic E-state index is -4.69. The number of nitrogens with one attached hydrogen (secondary N) is 2. The highest BCUT2D eigenvalue weighted by atomic mass is 32.2. The van der Waals surface area contributed by atoms with E-state index in [2.05, 4.69) is 10.3 Å². The normalized spacial score (nSPS) is 18.3. The Morgan fingerprint density at radius 2 is 1.68 bits per heavy atom. The molecule has 6 rings (SSSR count). The standard InChI is InChI=1S/C34H28F3N3O8S2/c1-3-46-23-14-18(10-13-22(23)48-16-24(41)38-20-11-8-17(9-12-20)32(44)47-4-2)25-26-28(49-29-27(25)50-33(45)39-29)31(43)40(30(26)42)21-7-5-6-19(15-21)34(35,36)37/h5-15,25-26,28H,3-4,16H2,1-2H3,(H,38,41)(H,39,45)/t25-,26?,28?/m1/s1. The summed E-state index contributed by atoms with van der Waals surface area (Å²) in [7, 11) is 0. The summed E-state index contributed by atoms with van der Waals surface area (Å²) in [5.74, 6) is -3.84. The highest BCUT2D eigenvalue weighted by Gasteiger charge is 2.56. The van der Waals surface area contributed by atoms with Gasteiger partial charge in [0.15, 0.2) is 18.1 Å². The summed E-state index contributed by atoms with van der Waals surface area (Å²) in [6, 6.07) is 14.9. The number of amides is 3. The van der Waals surface area contributed by atoms with Crippen LogP contribution >= 0.6 is 23.1 Å². The van der Waals surface area contributed by atoms with Crippen LogP contribution in [-0.4, -0.2) is 53.7 Å². The van der Waals surface area contributed by atoms with Crippen LogP contribution in [0, 0.1) is 5.92 Å². The van der Waals surface area contributed by atoms with Crippen molar-refractivity contribution in [3.63, 3.8) is 0 Å². The number of rotatable bonds is 10. The molecule has 11 nitrogen and oxygen atoms in total. The zero-order valence-electron chi connectivity index (χ0n) is 26.4. The average molecular weight is 728 g/mol. The van der Waals surface area contributed by atoms with Crippen molar-refractivity contribution in [2.75, 3.05) is 30.0 Å². The molecule has 3 atom stereocenters. The number of fused-ring (bicyclic) bond motifs is 2. The average Bonchev–Trinajstić information content (AvgIpc) is 3.58. The van der Waals surface area contributed by atoms with Crippen LogP contribution in [0.2, 0.25) is 0 Å². The van der Waals surface area contributed by atoms with Gasteiger partial charge in [0.1, 0.15) is 5.25 Å². The van der Waals surface area contributed by atoms with Gasteiger partial charge in [0.2, 0.25) is 11.8 Å². The predicted octanol–water partition coefficient (Wildman–Crippen LogP) is 5.84. The number of imide groups is 1. The number of carbonyl (C=O) groups excluding carboxylic acids is 4. The fraction of sp³-hybridized carbons (Fsp3) is 0.265. The van der Waals surface area contributed by atoms with Crippen LogP contribution < -0.4 is 24.6 Å². The molecule has 4 aromatic rings. The van der Waals surface area contributed by atoms with E-state index in [4.69, 9.17) is 14.2 Å². The van der Waals surface area contributed by atoms with Gasteiger partial charge >= 0.3 is 17.0 Å². The zero-order valence-corrected chi connectivity index (χ0v) is 28.0. The van der Waals surface area contributed by atoms with Crippen molar-refractivity contribution in [1.82, 2.24) is 4.98 Å². The molecule has 16 heteroatoms. The first-order valence-corrected chi connectivity index (χ1v) is 17.0. The van der Waals surface area contributed by atoms with E-state index in [1.165, 1.54) is 18.2 Å². The lowest BCUT2D eigenvalue weighted by atomic mass is 9.83. The monoisotopic (exact) mass is 727 g/mol. The second-order valence-electron chi connectivity index (χ2n) is 11.1. The Labute approximate surface area is 290 Å². The van der Waals surface area contributed by atoms with Crippen molar-refractivity contribution < 1.29 is 46.6 Å². The SMILES string of the molecule is CCOC(=O)c1ccc(NC(=O)COc2ccc([C@H]3c4sc(=O)[nH]c4SC4C(=O)N(c5cccc(C(F)(F)F)c5)C(=O)C43)cc2OCC)cc1. The van der Waals surface area contributed by atoms with Crippen molar-refractivity contribution >= 4 is 58.2 Å². The number of esters is 1. The minimum Gasteiger partial charge on any atom is -0.490 e. The molecule has 260 valence electrons. The Kier molecular flexibility index (Phi) is 9.75. The summed E-state index contributed by atoms with van der Waals surface area (Å²) in [5, 5.41) is 2.04. The second kappa shape index (κ2) is 14.0. The lowest BCUT2D eigenvalue weighted by Crippen LogP contribution is -2.32. The molecule has 1 saturated heterocycles. The molecule has 3 heterocycles. The number of hydrogen-bond donors (Lipinski definition) is 2. The van der Waals surface area contributed by atoms with E-state index in [1.807, 2.05) is 0 Å². The molecular formula is C34H28F3N3O8S2. The van der Waals surface area contributed by atoms with Gasteiger partial charge in [0, 0.05) is 16.5 Å². The topological polar surface area (TPSA) is 144 Å². The fourth-order valence-electron chi connectivity index (χ4n) is 5.80. The molecule has 3 amide bonds. The molecule has 3 aromatic carbocycles. The number of alkyl halides is 3. The lowest BCUT2D eigenvalue weighted by Gasteiger charge is -2.30. The van der Waals surface area contributed by atoms with Gasteiger partial charge in [-0.05, 0) is 74.0 Å². The van der Waals surface area contributed by atoms with E-state index < -0.39 is 64.0 Å². The number of nitrogens with zero attached hydrogens (tertiary/aromatic N) is 1. The summed E-state index contributed by atoms with van der Waals surface area (Å²) in [4.78, 5) is 68.4. The molecule has 0 saturated carbocycles. The Balaban J connectivity index is 1.26. The number of benzene rings is 3. The summed E-state index contributed by atoms with van der Waals surface area (Å²) < 4.78 is 57.1. The summed E-state index contributed by atoms with van der Waals surface area (Å²) in [6.45, 7) is 3.45. The van der Waals surface area contributed by atoms with Gasteiger partial charge in [-0.3, -0.25) is 19.2 Å². The molecule has 0 radical (unpaired) electrons. The van der Waals surface area contributed by atoms with E-state index in [9.17, 15) is 37.1 Å². The van der Waals surface area contributed by atoms with Crippen LogP contribution in [-0.2, 0) is 25.3 Å².